The van der Waals surface area contributed by atoms with E-state index in [1.54, 1.807) is 18.2 Å². The van der Waals surface area contributed by atoms with E-state index in [0.717, 1.165) is 52.3 Å². The van der Waals surface area contributed by atoms with Crippen LogP contribution < -0.4 is 14.4 Å². The average molecular weight is 563 g/mol. The molecule has 1 heterocycles. The summed E-state index contributed by atoms with van der Waals surface area (Å²) in [5.41, 5.74) is 6.84. The number of aromatic nitrogens is 1. The second kappa shape index (κ2) is 13.1. The lowest BCUT2D eigenvalue weighted by Gasteiger charge is -2.21. The number of hydrogen-bond acceptors (Lipinski definition) is 6. The van der Waals surface area contributed by atoms with E-state index in [1.807, 2.05) is 25.1 Å². The van der Waals surface area contributed by atoms with Crippen LogP contribution >= 0.6 is 0 Å². The van der Waals surface area contributed by atoms with Crippen LogP contribution in [0.2, 0.25) is 0 Å². The van der Waals surface area contributed by atoms with Crippen molar-refractivity contribution < 1.29 is 23.8 Å². The summed E-state index contributed by atoms with van der Waals surface area (Å²) in [6.07, 6.45) is 0. The number of carboxylic acid groups (broad SMARTS) is 1. The molecule has 4 aromatic carbocycles. The second-order valence-corrected chi connectivity index (χ2v) is 9.85. The van der Waals surface area contributed by atoms with Crippen molar-refractivity contribution in [3.8, 4) is 45.2 Å². The maximum Gasteiger partial charge on any atom is 0.341 e. The predicted molar refractivity (Wildman–Crippen MR) is 165 cm³/mol. The molecule has 0 saturated carbocycles. The number of rotatable bonds is 12. The van der Waals surface area contributed by atoms with E-state index in [1.165, 1.54) is 0 Å². The molecule has 1 aromatic heterocycles. The molecule has 42 heavy (non-hydrogen) atoms. The maximum absolute atomic E-state index is 10.8. The van der Waals surface area contributed by atoms with Crippen molar-refractivity contribution in [1.82, 2.24) is 4.98 Å². The third-order valence-corrected chi connectivity index (χ3v) is 7.05. The van der Waals surface area contributed by atoms with Gasteiger partial charge in [-0.25, -0.2) is 9.78 Å². The van der Waals surface area contributed by atoms with Crippen LogP contribution in [-0.2, 0) is 11.4 Å². The van der Waals surface area contributed by atoms with Gasteiger partial charge in [-0.1, -0.05) is 66.7 Å². The summed E-state index contributed by atoms with van der Waals surface area (Å²) < 4.78 is 17.7. The third-order valence-electron chi connectivity index (χ3n) is 7.05. The van der Waals surface area contributed by atoms with E-state index < -0.39 is 12.6 Å². The van der Waals surface area contributed by atoms with Gasteiger partial charge in [0.25, 0.3) is 0 Å². The standard InChI is InChI=1S/C35H34N2O5/c1-4-37(5-2)29-17-15-27(16-18-29)34-35(28-13-11-26(12-14-28)25-9-7-6-8-10-25)42-32(36-34)22-40-30-19-20-31(24(3)21-30)41-23-33(38)39/h6-21H,4-5,22-23H2,1-3H3,(H,38,39). The van der Waals surface area contributed by atoms with Gasteiger partial charge < -0.3 is 23.9 Å². The topological polar surface area (TPSA) is 85.0 Å². The summed E-state index contributed by atoms with van der Waals surface area (Å²) in [5.74, 6) is 1.20. The molecule has 0 fully saturated rings. The Hall–Kier alpha value is -5.04. The summed E-state index contributed by atoms with van der Waals surface area (Å²) >= 11 is 0. The van der Waals surface area contributed by atoms with Crippen molar-refractivity contribution in [2.75, 3.05) is 24.6 Å². The Kier molecular flexibility index (Phi) is 8.87. The lowest BCUT2D eigenvalue weighted by molar-refractivity contribution is -0.139. The lowest BCUT2D eigenvalue weighted by atomic mass is 10.0. The van der Waals surface area contributed by atoms with Gasteiger partial charge in [0, 0.05) is 29.9 Å². The van der Waals surface area contributed by atoms with Gasteiger partial charge in [-0.2, -0.15) is 0 Å². The highest BCUT2D eigenvalue weighted by atomic mass is 16.5. The van der Waals surface area contributed by atoms with E-state index in [0.29, 0.717) is 23.1 Å². The minimum atomic E-state index is -1.03. The van der Waals surface area contributed by atoms with E-state index in [4.69, 9.17) is 24.0 Å². The SMILES string of the molecule is CCN(CC)c1ccc(-c2nc(COc3ccc(OCC(=O)O)c(C)c3)oc2-c2ccc(-c3ccccc3)cc2)cc1. The molecule has 0 bridgehead atoms. The number of oxazole rings is 1. The Bertz CT molecular complexity index is 1620. The maximum atomic E-state index is 10.8. The Morgan fingerprint density at radius 3 is 2.10 bits per heavy atom. The number of carbonyl (C=O) groups is 1. The van der Waals surface area contributed by atoms with Crippen molar-refractivity contribution >= 4 is 11.7 Å². The van der Waals surface area contributed by atoms with Gasteiger partial charge in [-0.15, -0.1) is 0 Å². The molecule has 7 nitrogen and oxygen atoms in total. The van der Waals surface area contributed by atoms with Crippen molar-refractivity contribution in [2.24, 2.45) is 0 Å². The zero-order valence-corrected chi connectivity index (χ0v) is 24.0. The number of benzene rings is 4. The number of ether oxygens (including phenoxy) is 2. The van der Waals surface area contributed by atoms with Crippen LogP contribution in [0.1, 0.15) is 25.3 Å². The Balaban J connectivity index is 1.42. The number of aliphatic carboxylic acids is 1. The van der Waals surface area contributed by atoms with Crippen LogP contribution in [0.4, 0.5) is 5.69 Å². The minimum Gasteiger partial charge on any atom is -0.484 e. The highest BCUT2D eigenvalue weighted by Crippen LogP contribution is 2.35. The molecular weight excluding hydrogens is 528 g/mol. The number of nitrogens with zero attached hydrogens (tertiary/aromatic N) is 2. The molecule has 5 aromatic rings. The molecule has 0 amide bonds. The molecule has 214 valence electrons. The summed E-state index contributed by atoms with van der Waals surface area (Å²) in [6, 6.07) is 32.2. The Labute approximate surface area is 246 Å². The molecule has 0 radical (unpaired) electrons. The van der Waals surface area contributed by atoms with Crippen molar-refractivity contribution in [2.45, 2.75) is 27.4 Å². The van der Waals surface area contributed by atoms with Crippen LogP contribution in [0.15, 0.2) is 101 Å². The molecule has 5 rings (SSSR count). The van der Waals surface area contributed by atoms with Gasteiger partial charge in [0.2, 0.25) is 5.89 Å². The van der Waals surface area contributed by atoms with Gasteiger partial charge in [-0.3, -0.25) is 0 Å². The van der Waals surface area contributed by atoms with Gasteiger partial charge in [-0.05, 0) is 67.8 Å². The Morgan fingerprint density at radius 1 is 0.810 bits per heavy atom. The van der Waals surface area contributed by atoms with E-state index in [9.17, 15) is 4.79 Å². The van der Waals surface area contributed by atoms with Gasteiger partial charge in [0.15, 0.2) is 19.0 Å². The van der Waals surface area contributed by atoms with E-state index in [-0.39, 0.29) is 6.61 Å². The average Bonchev–Trinajstić information content (AvgIpc) is 3.45. The zero-order chi connectivity index (χ0) is 29.5. The largest absolute Gasteiger partial charge is 0.484 e. The molecule has 0 atom stereocenters. The van der Waals surface area contributed by atoms with E-state index in [2.05, 4.69) is 79.4 Å². The van der Waals surface area contributed by atoms with Gasteiger partial charge >= 0.3 is 5.97 Å². The molecule has 0 spiro atoms. The summed E-state index contributed by atoms with van der Waals surface area (Å²) in [4.78, 5) is 18.0. The molecule has 0 saturated heterocycles. The van der Waals surface area contributed by atoms with Gasteiger partial charge in [0.1, 0.15) is 17.2 Å². The minimum absolute atomic E-state index is 0.126. The van der Waals surface area contributed by atoms with Crippen molar-refractivity contribution in [3.05, 3.63) is 109 Å². The van der Waals surface area contributed by atoms with Gasteiger partial charge in [0.05, 0.1) is 0 Å². The normalized spacial score (nSPS) is 10.8. The van der Waals surface area contributed by atoms with Crippen LogP contribution in [-0.4, -0.2) is 35.8 Å². The lowest BCUT2D eigenvalue weighted by Crippen LogP contribution is -2.21. The first kappa shape index (κ1) is 28.5. The van der Waals surface area contributed by atoms with Crippen molar-refractivity contribution in [3.63, 3.8) is 0 Å². The molecular formula is C35H34N2O5. The Morgan fingerprint density at radius 2 is 1.45 bits per heavy atom. The molecule has 0 aliphatic heterocycles. The monoisotopic (exact) mass is 562 g/mol. The fourth-order valence-electron chi connectivity index (χ4n) is 4.84. The predicted octanol–water partition coefficient (Wildman–Crippen LogP) is 7.87. The van der Waals surface area contributed by atoms with Crippen LogP contribution in [0, 0.1) is 6.92 Å². The van der Waals surface area contributed by atoms with Crippen molar-refractivity contribution in [1.29, 1.82) is 0 Å². The molecule has 0 unspecified atom stereocenters. The number of hydrogen-bond donors (Lipinski definition) is 1. The first-order valence-electron chi connectivity index (χ1n) is 14.0. The molecule has 0 aliphatic carbocycles. The second-order valence-electron chi connectivity index (χ2n) is 9.85. The smallest absolute Gasteiger partial charge is 0.341 e. The molecule has 1 N–H and O–H groups in total. The number of anilines is 1. The van der Waals surface area contributed by atoms with Crippen LogP contribution in [0.5, 0.6) is 11.5 Å². The fraction of sp³-hybridized carbons (Fsp3) is 0.200. The fourth-order valence-corrected chi connectivity index (χ4v) is 4.84. The molecule has 0 aliphatic rings. The summed E-state index contributed by atoms with van der Waals surface area (Å²) in [5, 5.41) is 8.88. The van der Waals surface area contributed by atoms with Crippen LogP contribution in [0.3, 0.4) is 0 Å². The quantitative estimate of drug-likeness (QED) is 0.166. The summed E-state index contributed by atoms with van der Waals surface area (Å²) in [6.45, 7) is 7.74. The zero-order valence-electron chi connectivity index (χ0n) is 24.0. The first-order valence-corrected chi connectivity index (χ1v) is 14.0. The first-order chi connectivity index (χ1) is 20.4. The number of carboxylic acids is 1. The third kappa shape index (κ3) is 6.63. The molecule has 7 heteroatoms. The van der Waals surface area contributed by atoms with Crippen LogP contribution in [0.25, 0.3) is 33.7 Å². The highest BCUT2D eigenvalue weighted by molar-refractivity contribution is 5.79. The summed E-state index contributed by atoms with van der Waals surface area (Å²) in [7, 11) is 0. The van der Waals surface area contributed by atoms with E-state index >= 15 is 0 Å². The highest BCUT2D eigenvalue weighted by Gasteiger charge is 2.18. The number of aryl methyl sites for hydroxylation is 1.